The summed E-state index contributed by atoms with van der Waals surface area (Å²) in [6.45, 7) is 1.70. The molecule has 0 amide bonds. The highest BCUT2D eigenvalue weighted by Gasteiger charge is 2.41. The van der Waals surface area contributed by atoms with Gasteiger partial charge in [0, 0.05) is 34.7 Å². The maximum atomic E-state index is 13.2. The summed E-state index contributed by atoms with van der Waals surface area (Å²) in [6, 6.07) is 5.86. The molecule has 8 nitrogen and oxygen atoms in total. The summed E-state index contributed by atoms with van der Waals surface area (Å²) in [5.41, 5.74) is 6.78. The minimum Gasteiger partial charge on any atom is -0.507 e. The summed E-state index contributed by atoms with van der Waals surface area (Å²) in [5.74, 6) is -1.61. The molecule has 5 atom stereocenters. The summed E-state index contributed by atoms with van der Waals surface area (Å²) < 4.78 is 11.9. The van der Waals surface area contributed by atoms with Gasteiger partial charge in [0.2, 0.25) is 0 Å². The van der Waals surface area contributed by atoms with Crippen LogP contribution in [-0.2, 0) is 15.9 Å². The standard InChI is InChI=1S/C24H25NO7/c1-10-20(26)14(25)9-16(31-10)32-15-8-4-7-13-17(15)24(30)19-18(23(13)29)21(27)11-5-2-3-6-12(11)22(19)28/h2-3,5-6,10,14-16,20,26,29-30H,4,7-9,25H2,1H3/t10-,14-,15+,16-,20+/m0/s1. The third-order valence-electron chi connectivity index (χ3n) is 6.74. The molecular formula is C24H25NO7. The number of ketones is 2. The van der Waals surface area contributed by atoms with E-state index in [2.05, 4.69) is 0 Å². The summed E-state index contributed by atoms with van der Waals surface area (Å²) in [5, 5.41) is 32.3. The highest BCUT2D eigenvalue weighted by Crippen LogP contribution is 2.49. The number of benzene rings is 2. The predicted molar refractivity (Wildman–Crippen MR) is 113 cm³/mol. The smallest absolute Gasteiger partial charge is 0.198 e. The molecule has 0 aromatic heterocycles. The van der Waals surface area contributed by atoms with Crippen molar-refractivity contribution in [1.29, 1.82) is 0 Å². The van der Waals surface area contributed by atoms with Crippen molar-refractivity contribution in [3.63, 3.8) is 0 Å². The van der Waals surface area contributed by atoms with Crippen LogP contribution in [0.2, 0.25) is 0 Å². The molecule has 8 heteroatoms. The quantitative estimate of drug-likeness (QED) is 0.445. The number of carbonyl (C=O) groups excluding carboxylic acids is 2. The van der Waals surface area contributed by atoms with Crippen LogP contribution in [0.3, 0.4) is 0 Å². The van der Waals surface area contributed by atoms with Crippen LogP contribution in [0.4, 0.5) is 0 Å². The van der Waals surface area contributed by atoms with Gasteiger partial charge in [0.25, 0.3) is 0 Å². The average molecular weight is 439 g/mol. The number of aliphatic hydroxyl groups is 1. The minimum absolute atomic E-state index is 0.154. The third-order valence-corrected chi connectivity index (χ3v) is 6.74. The number of nitrogens with two attached hydrogens (primary N) is 1. The Morgan fingerprint density at radius 3 is 2.31 bits per heavy atom. The molecule has 0 saturated carbocycles. The van der Waals surface area contributed by atoms with E-state index >= 15 is 0 Å². The Kier molecular flexibility index (Phi) is 5.05. The second kappa shape index (κ2) is 7.67. The van der Waals surface area contributed by atoms with Crippen molar-refractivity contribution in [2.75, 3.05) is 0 Å². The van der Waals surface area contributed by atoms with Crippen molar-refractivity contribution >= 4 is 11.6 Å². The van der Waals surface area contributed by atoms with Gasteiger partial charge in [-0.25, -0.2) is 0 Å². The van der Waals surface area contributed by atoms with Gasteiger partial charge in [-0.1, -0.05) is 24.3 Å². The zero-order valence-corrected chi connectivity index (χ0v) is 17.6. The molecule has 1 saturated heterocycles. The highest BCUT2D eigenvalue weighted by molar-refractivity contribution is 6.30. The van der Waals surface area contributed by atoms with Gasteiger partial charge in [0.05, 0.1) is 29.4 Å². The Morgan fingerprint density at radius 2 is 1.69 bits per heavy atom. The Balaban J connectivity index is 1.58. The second-order valence-corrected chi connectivity index (χ2v) is 8.72. The highest BCUT2D eigenvalue weighted by atomic mass is 16.7. The fourth-order valence-electron chi connectivity index (χ4n) is 5.08. The molecule has 2 aromatic rings. The van der Waals surface area contributed by atoms with Crippen LogP contribution in [0.15, 0.2) is 24.3 Å². The van der Waals surface area contributed by atoms with Gasteiger partial charge < -0.3 is 30.5 Å². The molecule has 0 bridgehead atoms. The molecule has 1 fully saturated rings. The van der Waals surface area contributed by atoms with E-state index in [4.69, 9.17) is 15.2 Å². The van der Waals surface area contributed by atoms with E-state index < -0.39 is 42.2 Å². The fourth-order valence-corrected chi connectivity index (χ4v) is 5.08. The Hall–Kier alpha value is -2.78. The molecular weight excluding hydrogens is 414 g/mol. The van der Waals surface area contributed by atoms with E-state index in [9.17, 15) is 24.9 Å². The SMILES string of the molecule is C[C@@H]1O[C@@H](O[C@@H]2CCCc3c(O)c4c(c(O)c32)C(=O)c2ccccc2C4=O)C[C@H](N)[C@@H]1O. The maximum absolute atomic E-state index is 13.2. The average Bonchev–Trinajstić information content (AvgIpc) is 2.78. The fraction of sp³-hybridized carbons (Fsp3) is 0.417. The Labute approximate surface area is 184 Å². The lowest BCUT2D eigenvalue weighted by molar-refractivity contribution is -0.242. The van der Waals surface area contributed by atoms with Gasteiger partial charge in [0.1, 0.15) is 11.5 Å². The van der Waals surface area contributed by atoms with Crippen LogP contribution in [0.1, 0.15) is 75.3 Å². The molecule has 5 rings (SSSR count). The van der Waals surface area contributed by atoms with Crippen LogP contribution in [0.5, 0.6) is 11.5 Å². The number of hydrogen-bond acceptors (Lipinski definition) is 8. The lowest BCUT2D eigenvalue weighted by Gasteiger charge is -2.39. The van der Waals surface area contributed by atoms with Crippen molar-refractivity contribution in [2.24, 2.45) is 5.73 Å². The van der Waals surface area contributed by atoms with Crippen LogP contribution in [0, 0.1) is 0 Å². The monoisotopic (exact) mass is 439 g/mol. The third kappa shape index (κ3) is 3.06. The number of aromatic hydroxyl groups is 2. The van der Waals surface area contributed by atoms with E-state index in [1.807, 2.05) is 0 Å². The van der Waals surface area contributed by atoms with Crippen LogP contribution >= 0.6 is 0 Å². The van der Waals surface area contributed by atoms with E-state index in [1.54, 1.807) is 25.1 Å². The topological polar surface area (TPSA) is 139 Å². The number of fused-ring (bicyclic) bond motifs is 3. The van der Waals surface area contributed by atoms with E-state index in [-0.39, 0.29) is 40.2 Å². The first-order chi connectivity index (χ1) is 15.3. The largest absolute Gasteiger partial charge is 0.507 e. The lowest BCUT2D eigenvalue weighted by Crippen LogP contribution is -2.51. The summed E-state index contributed by atoms with van der Waals surface area (Å²) in [4.78, 5) is 26.3. The van der Waals surface area contributed by atoms with E-state index in [1.165, 1.54) is 6.07 Å². The first kappa shape index (κ1) is 21.1. The van der Waals surface area contributed by atoms with Crippen molar-refractivity contribution in [3.8, 4) is 11.5 Å². The summed E-state index contributed by atoms with van der Waals surface area (Å²) >= 11 is 0. The zero-order valence-electron chi connectivity index (χ0n) is 17.6. The molecule has 0 spiro atoms. The van der Waals surface area contributed by atoms with Gasteiger partial charge in [-0.05, 0) is 26.2 Å². The second-order valence-electron chi connectivity index (χ2n) is 8.72. The Bertz CT molecular complexity index is 1120. The maximum Gasteiger partial charge on any atom is 0.198 e. The van der Waals surface area contributed by atoms with Gasteiger partial charge in [-0.15, -0.1) is 0 Å². The number of carbonyl (C=O) groups is 2. The number of phenolic OH excluding ortho intramolecular Hbond substituents is 2. The Morgan fingerprint density at radius 1 is 1.06 bits per heavy atom. The number of aliphatic hydroxyl groups excluding tert-OH is 1. The zero-order chi connectivity index (χ0) is 22.7. The van der Waals surface area contributed by atoms with Crippen LogP contribution < -0.4 is 5.73 Å². The number of rotatable bonds is 2. The molecule has 1 heterocycles. The van der Waals surface area contributed by atoms with E-state index in [0.717, 1.165) is 0 Å². The number of hydrogen-bond donors (Lipinski definition) is 4. The lowest BCUT2D eigenvalue weighted by atomic mass is 9.77. The summed E-state index contributed by atoms with van der Waals surface area (Å²) in [7, 11) is 0. The summed E-state index contributed by atoms with van der Waals surface area (Å²) in [6.07, 6.45) is -0.812. The van der Waals surface area contributed by atoms with E-state index in [0.29, 0.717) is 30.4 Å². The predicted octanol–water partition coefficient (Wildman–Crippen LogP) is 2.09. The molecule has 3 aliphatic rings. The molecule has 0 unspecified atom stereocenters. The first-order valence-electron chi connectivity index (χ1n) is 10.8. The van der Waals surface area contributed by atoms with Crippen molar-refractivity contribution in [3.05, 3.63) is 57.6 Å². The molecule has 0 radical (unpaired) electrons. The van der Waals surface area contributed by atoms with Gasteiger partial charge in [0.15, 0.2) is 17.9 Å². The molecule has 168 valence electrons. The minimum atomic E-state index is -0.804. The number of ether oxygens (including phenoxy) is 2. The molecule has 2 aliphatic carbocycles. The van der Waals surface area contributed by atoms with Crippen molar-refractivity contribution < 1.29 is 34.4 Å². The molecule has 5 N–H and O–H groups in total. The first-order valence-corrected chi connectivity index (χ1v) is 10.8. The van der Waals surface area contributed by atoms with Crippen molar-refractivity contribution in [2.45, 2.75) is 63.3 Å². The normalized spacial score (nSPS) is 29.3. The van der Waals surface area contributed by atoms with Gasteiger partial charge in [-0.2, -0.15) is 0 Å². The number of phenols is 2. The van der Waals surface area contributed by atoms with Gasteiger partial charge >= 0.3 is 0 Å². The van der Waals surface area contributed by atoms with Crippen molar-refractivity contribution in [1.82, 2.24) is 0 Å². The molecule has 32 heavy (non-hydrogen) atoms. The van der Waals surface area contributed by atoms with Crippen LogP contribution in [0.25, 0.3) is 0 Å². The van der Waals surface area contributed by atoms with Gasteiger partial charge in [-0.3, -0.25) is 9.59 Å². The molecule has 1 aliphatic heterocycles. The van der Waals surface area contributed by atoms with Crippen LogP contribution in [-0.4, -0.2) is 51.4 Å². The molecule has 2 aromatic carbocycles.